The second-order valence-electron chi connectivity index (χ2n) is 7.38. The number of amides is 1. The molecule has 0 radical (unpaired) electrons. The fourth-order valence-electron chi connectivity index (χ4n) is 3.19. The molecule has 1 aromatic carbocycles. The van der Waals surface area contributed by atoms with Crippen molar-refractivity contribution in [3.63, 3.8) is 0 Å². The van der Waals surface area contributed by atoms with E-state index < -0.39 is 12.1 Å². The van der Waals surface area contributed by atoms with Gasteiger partial charge in [0.25, 0.3) is 5.91 Å². The number of benzene rings is 1. The van der Waals surface area contributed by atoms with Gasteiger partial charge in [-0.1, -0.05) is 43.8 Å². The Morgan fingerprint density at radius 3 is 2.37 bits per heavy atom. The Bertz CT molecular complexity index is 878. The van der Waals surface area contributed by atoms with Crippen LogP contribution in [-0.2, 0) is 20.7 Å². The van der Waals surface area contributed by atoms with E-state index >= 15 is 0 Å². The molecule has 0 saturated heterocycles. The first-order valence-electron chi connectivity index (χ1n) is 10.2. The van der Waals surface area contributed by atoms with Crippen LogP contribution in [0.1, 0.15) is 62.0 Å². The molecule has 0 fully saturated rings. The lowest BCUT2D eigenvalue weighted by molar-refractivity contribution is -0.153. The number of anilines is 1. The van der Waals surface area contributed by atoms with Crippen molar-refractivity contribution in [1.29, 1.82) is 0 Å². The lowest BCUT2D eigenvalue weighted by Gasteiger charge is -2.18. The number of nitrogens with one attached hydrogen (secondary N) is 1. The minimum absolute atomic E-state index is 0.171. The van der Waals surface area contributed by atoms with Crippen LogP contribution in [-0.4, -0.2) is 34.2 Å². The fourth-order valence-corrected chi connectivity index (χ4v) is 3.65. The van der Waals surface area contributed by atoms with Crippen molar-refractivity contribution < 1.29 is 14.3 Å². The number of nitrogens with zero attached hydrogens (tertiary/aromatic N) is 2. The van der Waals surface area contributed by atoms with E-state index in [4.69, 9.17) is 4.74 Å². The maximum absolute atomic E-state index is 12.6. The number of rotatable bonds is 9. The molecule has 1 aromatic heterocycles. The number of aryl methyl sites for hydroxylation is 2. The summed E-state index contributed by atoms with van der Waals surface area (Å²) in [6, 6.07) is 7.72. The Balaban J connectivity index is 1.94. The molecule has 0 aliphatic heterocycles. The molecule has 0 aliphatic rings. The second kappa shape index (κ2) is 11.1. The Morgan fingerprint density at radius 2 is 1.77 bits per heavy atom. The van der Waals surface area contributed by atoms with E-state index in [0.717, 1.165) is 39.8 Å². The third-order valence-electron chi connectivity index (χ3n) is 5.20. The zero-order valence-corrected chi connectivity index (χ0v) is 19.4. The van der Waals surface area contributed by atoms with Crippen molar-refractivity contribution in [1.82, 2.24) is 9.97 Å². The van der Waals surface area contributed by atoms with Crippen LogP contribution in [0.4, 0.5) is 5.69 Å². The van der Waals surface area contributed by atoms with Crippen LogP contribution in [0, 0.1) is 13.8 Å². The molecule has 0 bridgehead atoms. The number of hydrogen-bond donors (Lipinski definition) is 1. The van der Waals surface area contributed by atoms with Gasteiger partial charge < -0.3 is 10.1 Å². The molecule has 1 amide bonds. The van der Waals surface area contributed by atoms with Gasteiger partial charge in [-0.25, -0.2) is 9.97 Å². The van der Waals surface area contributed by atoms with Gasteiger partial charge >= 0.3 is 5.97 Å². The van der Waals surface area contributed by atoms with E-state index in [1.54, 1.807) is 6.92 Å². The Hall–Kier alpha value is -2.41. The SMILES string of the molecule is CC[C@H](C)c1ccccc1NC(=O)[C@@H](C)OC(=O)CCc1c(C)nc(SC)nc1C. The summed E-state index contributed by atoms with van der Waals surface area (Å²) in [5, 5.41) is 3.62. The number of carbonyl (C=O) groups is 2. The van der Waals surface area contributed by atoms with Crippen molar-refractivity contribution >= 4 is 29.3 Å². The van der Waals surface area contributed by atoms with Crippen molar-refractivity contribution in [3.8, 4) is 0 Å². The quantitative estimate of drug-likeness (QED) is 0.349. The summed E-state index contributed by atoms with van der Waals surface area (Å²) in [7, 11) is 0. The van der Waals surface area contributed by atoms with Gasteiger partial charge in [-0.2, -0.15) is 0 Å². The number of ether oxygens (including phenoxy) is 1. The van der Waals surface area contributed by atoms with E-state index in [1.807, 2.05) is 44.4 Å². The van der Waals surface area contributed by atoms with Gasteiger partial charge in [0.2, 0.25) is 0 Å². The van der Waals surface area contributed by atoms with Crippen LogP contribution in [0.25, 0.3) is 0 Å². The molecule has 2 aromatic rings. The van der Waals surface area contributed by atoms with Gasteiger partial charge in [0, 0.05) is 23.5 Å². The normalized spacial score (nSPS) is 12.9. The van der Waals surface area contributed by atoms with Crippen LogP contribution >= 0.6 is 11.8 Å². The summed E-state index contributed by atoms with van der Waals surface area (Å²) < 4.78 is 5.36. The summed E-state index contributed by atoms with van der Waals surface area (Å²) in [6.07, 6.45) is 2.68. The summed E-state index contributed by atoms with van der Waals surface area (Å²) in [5.41, 5.74) is 4.52. The van der Waals surface area contributed by atoms with Crippen LogP contribution in [0.15, 0.2) is 29.4 Å². The number of esters is 1. The topological polar surface area (TPSA) is 81.2 Å². The molecule has 7 heteroatoms. The first-order chi connectivity index (χ1) is 14.3. The number of carbonyl (C=O) groups excluding carboxylic acids is 2. The highest BCUT2D eigenvalue weighted by atomic mass is 32.2. The molecule has 0 unspecified atom stereocenters. The zero-order valence-electron chi connectivity index (χ0n) is 18.6. The number of thioether (sulfide) groups is 1. The molecule has 2 rings (SSSR count). The summed E-state index contributed by atoms with van der Waals surface area (Å²) in [5.74, 6) is -0.426. The first-order valence-corrected chi connectivity index (χ1v) is 11.5. The molecule has 1 N–H and O–H groups in total. The smallest absolute Gasteiger partial charge is 0.306 e. The van der Waals surface area contributed by atoms with Crippen molar-refractivity contribution in [3.05, 3.63) is 46.8 Å². The van der Waals surface area contributed by atoms with E-state index in [9.17, 15) is 9.59 Å². The molecule has 162 valence electrons. The van der Waals surface area contributed by atoms with Gasteiger partial charge in [-0.05, 0) is 63.0 Å². The highest BCUT2D eigenvalue weighted by molar-refractivity contribution is 7.98. The molecule has 0 saturated carbocycles. The predicted octanol–water partition coefficient (Wildman–Crippen LogP) is 4.83. The van der Waals surface area contributed by atoms with Gasteiger partial charge in [-0.15, -0.1) is 0 Å². The first kappa shape index (κ1) is 23.9. The van der Waals surface area contributed by atoms with Gasteiger partial charge in [0.15, 0.2) is 11.3 Å². The Morgan fingerprint density at radius 1 is 1.13 bits per heavy atom. The van der Waals surface area contributed by atoms with E-state index in [0.29, 0.717) is 12.3 Å². The molecule has 6 nitrogen and oxygen atoms in total. The van der Waals surface area contributed by atoms with Gasteiger partial charge in [0.1, 0.15) is 0 Å². The maximum Gasteiger partial charge on any atom is 0.306 e. The standard InChI is InChI=1S/C23H31N3O3S/c1-7-14(2)18-10-8-9-11-20(18)26-22(28)17(5)29-21(27)13-12-19-15(3)24-23(30-6)25-16(19)4/h8-11,14,17H,7,12-13H2,1-6H3,(H,26,28)/t14-,17+/m0/s1. The number of hydrogen-bond acceptors (Lipinski definition) is 6. The minimum Gasteiger partial charge on any atom is -0.453 e. The lowest BCUT2D eigenvalue weighted by atomic mass is 9.97. The van der Waals surface area contributed by atoms with Crippen LogP contribution in [0.3, 0.4) is 0 Å². The van der Waals surface area contributed by atoms with Crippen molar-refractivity contribution in [2.45, 2.75) is 71.1 Å². The molecule has 0 aliphatic carbocycles. The van der Waals surface area contributed by atoms with Gasteiger partial charge in [0.05, 0.1) is 0 Å². The van der Waals surface area contributed by atoms with Crippen molar-refractivity contribution in [2.75, 3.05) is 11.6 Å². The molecule has 0 spiro atoms. The molecular weight excluding hydrogens is 398 g/mol. The number of aromatic nitrogens is 2. The average molecular weight is 430 g/mol. The summed E-state index contributed by atoms with van der Waals surface area (Å²) in [6.45, 7) is 9.65. The van der Waals surface area contributed by atoms with E-state index in [1.165, 1.54) is 11.8 Å². The number of para-hydroxylation sites is 1. The minimum atomic E-state index is -0.875. The predicted molar refractivity (Wildman–Crippen MR) is 121 cm³/mol. The second-order valence-corrected chi connectivity index (χ2v) is 8.15. The highest BCUT2D eigenvalue weighted by Gasteiger charge is 2.20. The van der Waals surface area contributed by atoms with Gasteiger partial charge in [-0.3, -0.25) is 9.59 Å². The zero-order chi connectivity index (χ0) is 22.3. The third-order valence-corrected chi connectivity index (χ3v) is 5.75. The molecule has 30 heavy (non-hydrogen) atoms. The lowest BCUT2D eigenvalue weighted by Crippen LogP contribution is -2.30. The van der Waals surface area contributed by atoms with Crippen LogP contribution in [0.2, 0.25) is 0 Å². The van der Waals surface area contributed by atoms with Crippen LogP contribution in [0.5, 0.6) is 0 Å². The average Bonchev–Trinajstić information content (AvgIpc) is 2.72. The highest BCUT2D eigenvalue weighted by Crippen LogP contribution is 2.26. The molecule has 2 atom stereocenters. The summed E-state index contributed by atoms with van der Waals surface area (Å²) in [4.78, 5) is 33.7. The maximum atomic E-state index is 12.6. The fraction of sp³-hybridized carbons (Fsp3) is 0.478. The third kappa shape index (κ3) is 6.29. The van der Waals surface area contributed by atoms with Crippen molar-refractivity contribution in [2.24, 2.45) is 0 Å². The monoisotopic (exact) mass is 429 g/mol. The molecule has 1 heterocycles. The van der Waals surface area contributed by atoms with E-state index in [-0.39, 0.29) is 12.3 Å². The largest absolute Gasteiger partial charge is 0.453 e. The molecular formula is C23H31N3O3S. The Kier molecular flexibility index (Phi) is 8.84. The van der Waals surface area contributed by atoms with Crippen LogP contribution < -0.4 is 5.32 Å². The Labute approximate surface area is 183 Å². The van der Waals surface area contributed by atoms with E-state index in [2.05, 4.69) is 29.1 Å². The summed E-state index contributed by atoms with van der Waals surface area (Å²) >= 11 is 1.49.